The highest BCUT2D eigenvalue weighted by Gasteiger charge is 2.14. The van der Waals surface area contributed by atoms with E-state index in [-0.39, 0.29) is 0 Å². The number of thioether (sulfide) groups is 1. The van der Waals surface area contributed by atoms with Gasteiger partial charge in [-0.25, -0.2) is 0 Å². The molecule has 0 amide bonds. The maximum Gasteiger partial charge on any atom is 0.0521 e. The topological polar surface area (TPSA) is 29.9 Å². The first-order valence-corrected chi connectivity index (χ1v) is 8.81. The summed E-state index contributed by atoms with van der Waals surface area (Å²) in [5.41, 5.74) is 2.73. The van der Waals surface area contributed by atoms with E-state index in [1.165, 1.54) is 16.0 Å². The van der Waals surface area contributed by atoms with Gasteiger partial charge in [0.05, 0.1) is 6.20 Å². The molecule has 114 valence electrons. The summed E-state index contributed by atoms with van der Waals surface area (Å²) in [6.45, 7) is 3.27. The fourth-order valence-corrected chi connectivity index (χ4v) is 3.21. The second kappa shape index (κ2) is 8.25. The first-order chi connectivity index (χ1) is 10.2. The number of nitrogens with one attached hydrogen (secondary N) is 1. The van der Waals surface area contributed by atoms with Crippen LogP contribution in [-0.4, -0.2) is 22.6 Å². The van der Waals surface area contributed by atoms with E-state index in [9.17, 15) is 0 Å². The molecule has 0 saturated carbocycles. The highest BCUT2D eigenvalue weighted by molar-refractivity contribution is 7.98. The number of nitrogens with zero attached hydrogens (tertiary/aromatic N) is 2. The molecule has 1 heterocycles. The monoisotopic (exact) mass is 303 g/mol. The number of benzene rings is 1. The molecule has 0 bridgehead atoms. The van der Waals surface area contributed by atoms with Crippen molar-refractivity contribution in [2.24, 2.45) is 7.05 Å². The van der Waals surface area contributed by atoms with Gasteiger partial charge >= 0.3 is 0 Å². The zero-order valence-electron chi connectivity index (χ0n) is 13.2. The van der Waals surface area contributed by atoms with Crippen LogP contribution in [0.1, 0.15) is 36.9 Å². The maximum absolute atomic E-state index is 4.26. The van der Waals surface area contributed by atoms with E-state index in [2.05, 4.69) is 54.1 Å². The smallest absolute Gasteiger partial charge is 0.0521 e. The van der Waals surface area contributed by atoms with Crippen molar-refractivity contribution in [1.29, 1.82) is 0 Å². The molecule has 2 aromatic rings. The minimum absolute atomic E-state index is 0.411. The molecule has 0 fully saturated rings. The Labute approximate surface area is 132 Å². The van der Waals surface area contributed by atoms with E-state index >= 15 is 0 Å². The van der Waals surface area contributed by atoms with Gasteiger partial charge in [0.15, 0.2) is 0 Å². The van der Waals surface area contributed by atoms with Crippen molar-refractivity contribution < 1.29 is 0 Å². The molecule has 1 atom stereocenters. The molecule has 1 N–H and O–H groups in total. The molecule has 0 aliphatic rings. The lowest BCUT2D eigenvalue weighted by Gasteiger charge is -2.21. The summed E-state index contributed by atoms with van der Waals surface area (Å²) in [5, 5.41) is 7.95. The molecule has 1 unspecified atom stereocenters. The third kappa shape index (κ3) is 4.61. The number of aromatic nitrogens is 2. The van der Waals surface area contributed by atoms with Crippen LogP contribution in [0.15, 0.2) is 41.6 Å². The Kier molecular flexibility index (Phi) is 6.33. The summed E-state index contributed by atoms with van der Waals surface area (Å²) in [5.74, 6) is 0. The fraction of sp³-hybridized carbons (Fsp3) is 0.471. The quantitative estimate of drug-likeness (QED) is 0.752. The number of hydrogen-bond acceptors (Lipinski definition) is 3. The highest BCUT2D eigenvalue weighted by atomic mass is 32.2. The van der Waals surface area contributed by atoms with Gasteiger partial charge in [0, 0.05) is 24.2 Å². The average molecular weight is 303 g/mol. The number of hydrogen-bond donors (Lipinski definition) is 1. The maximum atomic E-state index is 4.26. The van der Waals surface area contributed by atoms with E-state index in [1.54, 1.807) is 0 Å². The Hall–Kier alpha value is -1.26. The second-order valence-corrected chi connectivity index (χ2v) is 6.16. The predicted molar refractivity (Wildman–Crippen MR) is 90.8 cm³/mol. The summed E-state index contributed by atoms with van der Waals surface area (Å²) in [6, 6.07) is 9.13. The number of aryl methyl sites for hydroxylation is 2. The Balaban J connectivity index is 2.09. The van der Waals surface area contributed by atoms with E-state index in [4.69, 9.17) is 0 Å². The zero-order valence-corrected chi connectivity index (χ0v) is 14.0. The molecule has 0 spiro atoms. The molecular weight excluding hydrogens is 278 g/mol. The molecular formula is C17H25N3S. The standard InChI is InChI=1S/C17H25N3S/c1-4-11-18-16(10-9-14-12-19-20(2)13-14)15-7-5-6-8-17(15)21-3/h5-8,12-13,16,18H,4,9-11H2,1-3H3. The van der Waals surface area contributed by atoms with Crippen LogP contribution >= 0.6 is 11.8 Å². The van der Waals surface area contributed by atoms with Crippen molar-refractivity contribution in [3.63, 3.8) is 0 Å². The van der Waals surface area contributed by atoms with Gasteiger partial charge in [-0.1, -0.05) is 25.1 Å². The molecule has 3 nitrogen and oxygen atoms in total. The fourth-order valence-electron chi connectivity index (χ4n) is 2.55. The van der Waals surface area contributed by atoms with Gasteiger partial charge in [-0.2, -0.15) is 5.10 Å². The Bertz CT molecular complexity index is 550. The molecule has 0 aliphatic carbocycles. The SMILES string of the molecule is CCCNC(CCc1cnn(C)c1)c1ccccc1SC. The molecule has 0 aliphatic heterocycles. The lowest BCUT2D eigenvalue weighted by atomic mass is 10.00. The zero-order chi connectivity index (χ0) is 15.1. The molecule has 4 heteroatoms. The first kappa shape index (κ1) is 16.1. The largest absolute Gasteiger partial charge is 0.310 e. The van der Waals surface area contributed by atoms with Crippen molar-refractivity contribution in [1.82, 2.24) is 15.1 Å². The van der Waals surface area contributed by atoms with E-state index in [0.717, 1.165) is 25.8 Å². The minimum atomic E-state index is 0.411. The molecule has 0 saturated heterocycles. The average Bonchev–Trinajstić information content (AvgIpc) is 2.93. The van der Waals surface area contributed by atoms with E-state index in [0.29, 0.717) is 6.04 Å². The molecule has 2 rings (SSSR count). The van der Waals surface area contributed by atoms with Crippen molar-refractivity contribution in [3.05, 3.63) is 47.8 Å². The Morgan fingerprint density at radius 1 is 1.33 bits per heavy atom. The highest BCUT2D eigenvalue weighted by Crippen LogP contribution is 2.28. The van der Waals surface area contributed by atoms with Gasteiger partial charge in [0.1, 0.15) is 0 Å². The normalized spacial score (nSPS) is 12.5. The molecule has 21 heavy (non-hydrogen) atoms. The van der Waals surface area contributed by atoms with Crippen LogP contribution in [0.2, 0.25) is 0 Å². The first-order valence-electron chi connectivity index (χ1n) is 7.58. The van der Waals surface area contributed by atoms with Gasteiger partial charge in [0.25, 0.3) is 0 Å². The predicted octanol–water partition coefficient (Wildman–Crippen LogP) is 3.82. The summed E-state index contributed by atoms with van der Waals surface area (Å²) in [7, 11) is 1.97. The van der Waals surface area contributed by atoms with Crippen LogP contribution in [0.5, 0.6) is 0 Å². The third-order valence-electron chi connectivity index (χ3n) is 3.64. The van der Waals surface area contributed by atoms with E-state index in [1.807, 2.05) is 29.7 Å². The van der Waals surface area contributed by atoms with Gasteiger partial charge in [-0.05, 0) is 49.3 Å². The van der Waals surface area contributed by atoms with Crippen LogP contribution in [0, 0.1) is 0 Å². The molecule has 0 radical (unpaired) electrons. The van der Waals surface area contributed by atoms with Crippen LogP contribution in [-0.2, 0) is 13.5 Å². The lowest BCUT2D eigenvalue weighted by molar-refractivity contribution is 0.493. The van der Waals surface area contributed by atoms with Gasteiger partial charge in [-0.3, -0.25) is 4.68 Å². The minimum Gasteiger partial charge on any atom is -0.310 e. The van der Waals surface area contributed by atoms with Gasteiger partial charge < -0.3 is 5.32 Å². The lowest BCUT2D eigenvalue weighted by Crippen LogP contribution is -2.23. The van der Waals surface area contributed by atoms with E-state index < -0.39 is 0 Å². The van der Waals surface area contributed by atoms with Crippen LogP contribution in [0.3, 0.4) is 0 Å². The summed E-state index contributed by atoms with van der Waals surface area (Å²) in [4.78, 5) is 1.37. The van der Waals surface area contributed by atoms with Gasteiger partial charge in [-0.15, -0.1) is 11.8 Å². The number of rotatable bonds is 8. The Morgan fingerprint density at radius 3 is 2.81 bits per heavy atom. The summed E-state index contributed by atoms with van der Waals surface area (Å²) in [6.07, 6.45) is 9.54. The third-order valence-corrected chi connectivity index (χ3v) is 4.45. The van der Waals surface area contributed by atoms with Gasteiger partial charge in [0.2, 0.25) is 0 Å². The summed E-state index contributed by atoms with van der Waals surface area (Å²) >= 11 is 1.83. The van der Waals surface area contributed by atoms with Crippen molar-refractivity contribution in [2.45, 2.75) is 37.1 Å². The second-order valence-electron chi connectivity index (χ2n) is 5.31. The van der Waals surface area contributed by atoms with Crippen molar-refractivity contribution in [2.75, 3.05) is 12.8 Å². The van der Waals surface area contributed by atoms with Crippen LogP contribution < -0.4 is 5.32 Å². The molecule has 1 aromatic heterocycles. The van der Waals surface area contributed by atoms with Crippen LogP contribution in [0.4, 0.5) is 0 Å². The van der Waals surface area contributed by atoms with Crippen molar-refractivity contribution in [3.8, 4) is 0 Å². The van der Waals surface area contributed by atoms with Crippen LogP contribution in [0.25, 0.3) is 0 Å². The van der Waals surface area contributed by atoms with Crippen molar-refractivity contribution >= 4 is 11.8 Å². The Morgan fingerprint density at radius 2 is 2.14 bits per heavy atom. The molecule has 1 aromatic carbocycles. The summed E-state index contributed by atoms with van der Waals surface area (Å²) < 4.78 is 1.87.